The molecule has 1 atom stereocenters. The molecule has 2 aromatic carbocycles. The quantitative estimate of drug-likeness (QED) is 0.309. The van der Waals surface area contributed by atoms with Gasteiger partial charge in [-0.15, -0.1) is 0 Å². The van der Waals surface area contributed by atoms with Crippen molar-refractivity contribution in [1.29, 1.82) is 0 Å². The average Bonchev–Trinajstić information content (AvgIpc) is 3.10. The Morgan fingerprint density at radius 1 is 1.07 bits per heavy atom. The van der Waals surface area contributed by atoms with Crippen LogP contribution in [0.15, 0.2) is 72.1 Å². The van der Waals surface area contributed by atoms with Gasteiger partial charge in [-0.1, -0.05) is 53.7 Å². The lowest BCUT2D eigenvalue weighted by molar-refractivity contribution is -0.116. The zero-order valence-corrected chi connectivity index (χ0v) is 17.0. The first-order valence-electron chi connectivity index (χ1n) is 8.89. The van der Waals surface area contributed by atoms with Crippen molar-refractivity contribution in [3.05, 3.63) is 72.1 Å². The highest BCUT2D eigenvalue weighted by atomic mass is 35.5. The topological polar surface area (TPSA) is 47.8 Å². The standard InChI is InChI=1S/C22H18ClN3OS/c1-14(27)15(2)28-22-20-19(16-6-4-3-5-7-16)12-26(21(20)24-13-25-22)18-10-8-17(23)9-11-18/h3-13,15H,1-2H3/t15-/m1/s1. The minimum atomic E-state index is -0.180. The van der Waals surface area contributed by atoms with Gasteiger partial charge in [0.15, 0.2) is 0 Å². The van der Waals surface area contributed by atoms with E-state index < -0.39 is 0 Å². The lowest BCUT2D eigenvalue weighted by atomic mass is 10.1. The highest BCUT2D eigenvalue weighted by molar-refractivity contribution is 8.00. The summed E-state index contributed by atoms with van der Waals surface area (Å²) in [5.74, 6) is 0.121. The summed E-state index contributed by atoms with van der Waals surface area (Å²) >= 11 is 7.53. The molecule has 28 heavy (non-hydrogen) atoms. The Bertz CT molecular complexity index is 1140. The number of rotatable bonds is 5. The van der Waals surface area contributed by atoms with Crippen molar-refractivity contribution < 1.29 is 4.79 Å². The number of aromatic nitrogens is 3. The molecule has 0 saturated carbocycles. The van der Waals surface area contributed by atoms with E-state index in [1.54, 1.807) is 13.3 Å². The molecule has 0 unspecified atom stereocenters. The molecule has 0 fully saturated rings. The summed E-state index contributed by atoms with van der Waals surface area (Å²) < 4.78 is 2.04. The van der Waals surface area contributed by atoms with Crippen LogP contribution in [0.2, 0.25) is 5.02 Å². The smallest absolute Gasteiger partial charge is 0.149 e. The number of nitrogens with zero attached hydrogens (tertiary/aromatic N) is 3. The van der Waals surface area contributed by atoms with Crippen LogP contribution in [-0.2, 0) is 4.79 Å². The van der Waals surface area contributed by atoms with Crippen molar-refractivity contribution in [1.82, 2.24) is 14.5 Å². The molecule has 0 saturated heterocycles. The molecule has 6 heteroatoms. The minimum Gasteiger partial charge on any atom is -0.301 e. The second-order valence-corrected chi connectivity index (χ2v) is 8.27. The van der Waals surface area contributed by atoms with Crippen LogP contribution in [0.3, 0.4) is 0 Å². The number of carbonyl (C=O) groups is 1. The van der Waals surface area contributed by atoms with Crippen molar-refractivity contribution in [3.8, 4) is 16.8 Å². The third-order valence-electron chi connectivity index (χ3n) is 4.60. The van der Waals surface area contributed by atoms with E-state index >= 15 is 0 Å². The molecule has 2 aromatic heterocycles. The molecule has 0 bridgehead atoms. The molecule has 0 spiro atoms. The van der Waals surface area contributed by atoms with Gasteiger partial charge in [-0.2, -0.15) is 0 Å². The fourth-order valence-electron chi connectivity index (χ4n) is 3.01. The van der Waals surface area contributed by atoms with Gasteiger partial charge >= 0.3 is 0 Å². The highest BCUT2D eigenvalue weighted by Crippen LogP contribution is 2.38. The molecular formula is C22H18ClN3OS. The summed E-state index contributed by atoms with van der Waals surface area (Å²) in [5, 5.41) is 2.26. The van der Waals surface area contributed by atoms with E-state index in [1.165, 1.54) is 11.8 Å². The lowest BCUT2D eigenvalue weighted by Crippen LogP contribution is -2.08. The third-order valence-corrected chi connectivity index (χ3v) is 6.07. The SMILES string of the molecule is CC(=O)[C@@H](C)Sc1ncnc2c1c(-c1ccccc1)cn2-c1ccc(Cl)cc1. The number of thioether (sulfide) groups is 1. The number of hydrogen-bond acceptors (Lipinski definition) is 4. The third kappa shape index (κ3) is 3.55. The van der Waals surface area contributed by atoms with Crippen LogP contribution in [0.5, 0.6) is 0 Å². The predicted octanol–water partition coefficient (Wildman–Crippen LogP) is 5.81. The first-order valence-corrected chi connectivity index (χ1v) is 10.1. The van der Waals surface area contributed by atoms with Crippen molar-refractivity contribution in [2.45, 2.75) is 24.1 Å². The molecule has 4 aromatic rings. The van der Waals surface area contributed by atoms with Gasteiger partial charge in [0.2, 0.25) is 0 Å². The largest absolute Gasteiger partial charge is 0.301 e. The van der Waals surface area contributed by atoms with Crippen LogP contribution >= 0.6 is 23.4 Å². The maximum absolute atomic E-state index is 11.8. The van der Waals surface area contributed by atoms with E-state index in [0.717, 1.165) is 32.9 Å². The summed E-state index contributed by atoms with van der Waals surface area (Å²) in [5.41, 5.74) is 3.87. The fraction of sp³-hybridized carbons (Fsp3) is 0.136. The molecule has 2 heterocycles. The number of benzene rings is 2. The molecule has 0 aliphatic carbocycles. The summed E-state index contributed by atoms with van der Waals surface area (Å²) in [6.07, 6.45) is 3.62. The van der Waals surface area contributed by atoms with Crippen LogP contribution in [0.25, 0.3) is 27.8 Å². The highest BCUT2D eigenvalue weighted by Gasteiger charge is 2.20. The van der Waals surface area contributed by atoms with E-state index in [-0.39, 0.29) is 11.0 Å². The van der Waals surface area contributed by atoms with Crippen molar-refractivity contribution in [2.75, 3.05) is 0 Å². The van der Waals surface area contributed by atoms with Gasteiger partial charge < -0.3 is 4.57 Å². The van der Waals surface area contributed by atoms with Crippen LogP contribution < -0.4 is 0 Å². The molecule has 140 valence electrons. The predicted molar refractivity (Wildman–Crippen MR) is 115 cm³/mol. The van der Waals surface area contributed by atoms with Gasteiger partial charge in [0.05, 0.1) is 10.6 Å². The molecule has 0 N–H and O–H groups in total. The first-order chi connectivity index (χ1) is 13.5. The Morgan fingerprint density at radius 3 is 2.46 bits per heavy atom. The molecular weight excluding hydrogens is 390 g/mol. The van der Waals surface area contributed by atoms with Gasteiger partial charge in [-0.25, -0.2) is 9.97 Å². The van der Waals surface area contributed by atoms with E-state index in [4.69, 9.17) is 11.6 Å². The van der Waals surface area contributed by atoms with Crippen molar-refractivity contribution in [2.24, 2.45) is 0 Å². The van der Waals surface area contributed by atoms with Gasteiger partial charge in [0, 0.05) is 22.5 Å². The summed E-state index contributed by atoms with van der Waals surface area (Å²) in [7, 11) is 0. The summed E-state index contributed by atoms with van der Waals surface area (Å²) in [4.78, 5) is 20.9. The Kier molecular flexibility index (Phi) is 5.20. The number of hydrogen-bond donors (Lipinski definition) is 0. The zero-order chi connectivity index (χ0) is 19.7. The van der Waals surface area contributed by atoms with Gasteiger partial charge in [0.25, 0.3) is 0 Å². The summed E-state index contributed by atoms with van der Waals surface area (Å²) in [6.45, 7) is 3.51. The van der Waals surface area contributed by atoms with Crippen LogP contribution in [0, 0.1) is 0 Å². The van der Waals surface area contributed by atoms with Crippen molar-refractivity contribution >= 4 is 40.2 Å². The van der Waals surface area contributed by atoms with Crippen molar-refractivity contribution in [3.63, 3.8) is 0 Å². The minimum absolute atomic E-state index is 0.121. The monoisotopic (exact) mass is 407 g/mol. The van der Waals surface area contributed by atoms with E-state index in [0.29, 0.717) is 5.02 Å². The first kappa shape index (κ1) is 18.7. The number of ketones is 1. The van der Waals surface area contributed by atoms with Crippen LogP contribution in [0.1, 0.15) is 13.8 Å². The Balaban J connectivity index is 1.97. The summed E-state index contributed by atoms with van der Waals surface area (Å²) in [6, 6.07) is 17.8. The second-order valence-electron chi connectivity index (χ2n) is 6.50. The Hall–Kier alpha value is -2.63. The molecule has 0 aliphatic heterocycles. The van der Waals surface area contributed by atoms with E-state index in [1.807, 2.05) is 54.0 Å². The number of fused-ring (bicyclic) bond motifs is 1. The molecule has 0 aliphatic rings. The lowest BCUT2D eigenvalue weighted by Gasteiger charge is -2.09. The average molecular weight is 408 g/mol. The van der Waals surface area contributed by atoms with E-state index in [2.05, 4.69) is 28.3 Å². The van der Waals surface area contributed by atoms with Crippen LogP contribution in [0.4, 0.5) is 0 Å². The van der Waals surface area contributed by atoms with Crippen LogP contribution in [-0.4, -0.2) is 25.6 Å². The number of carbonyl (C=O) groups excluding carboxylic acids is 1. The molecule has 0 radical (unpaired) electrons. The Labute approximate surface area is 172 Å². The normalized spacial score (nSPS) is 12.2. The number of Topliss-reactive ketones (excluding diaryl/α,β-unsaturated/α-hetero) is 1. The van der Waals surface area contributed by atoms with Gasteiger partial charge in [0.1, 0.15) is 22.8 Å². The number of halogens is 1. The molecule has 0 amide bonds. The zero-order valence-electron chi connectivity index (χ0n) is 15.5. The van der Waals surface area contributed by atoms with Gasteiger partial charge in [-0.3, -0.25) is 4.79 Å². The van der Waals surface area contributed by atoms with E-state index in [9.17, 15) is 4.79 Å². The molecule has 4 rings (SSSR count). The fourth-order valence-corrected chi connectivity index (χ4v) is 4.06. The Morgan fingerprint density at radius 2 is 1.79 bits per heavy atom. The molecule has 4 nitrogen and oxygen atoms in total. The maximum Gasteiger partial charge on any atom is 0.149 e. The maximum atomic E-state index is 11.8. The second kappa shape index (κ2) is 7.78. The van der Waals surface area contributed by atoms with Gasteiger partial charge in [-0.05, 0) is 43.7 Å².